The Morgan fingerprint density at radius 3 is 1.91 bits per heavy atom. The van der Waals surface area contributed by atoms with Crippen molar-refractivity contribution in [3.8, 4) is 0 Å². The van der Waals surface area contributed by atoms with Gasteiger partial charge in [0.2, 0.25) is 0 Å². The van der Waals surface area contributed by atoms with Gasteiger partial charge in [-0.05, 0) is 0 Å². The lowest BCUT2D eigenvalue weighted by Gasteiger charge is -2.23. The van der Waals surface area contributed by atoms with Crippen LogP contribution >= 0.6 is 0 Å². The number of alkyl halides is 3. The van der Waals surface area contributed by atoms with E-state index < -0.39 is 23.3 Å². The molecule has 0 saturated carbocycles. The van der Waals surface area contributed by atoms with E-state index in [-0.39, 0.29) is 0 Å². The maximum Gasteiger partial charge on any atom is 0.513 e. The number of carbonyl (C=O) groups is 1. The molecule has 3 nitrogen and oxygen atoms in total. The van der Waals surface area contributed by atoms with Crippen molar-refractivity contribution < 1.29 is 27.6 Å². The molecule has 0 aromatic heterocycles. The second kappa shape index (κ2) is 2.69. The van der Waals surface area contributed by atoms with E-state index in [9.17, 15) is 18.0 Å². The Labute approximate surface area is 61.6 Å². The summed E-state index contributed by atoms with van der Waals surface area (Å²) in [4.78, 5) is 10.2. The lowest BCUT2D eigenvalue weighted by atomic mass is 10.5. The van der Waals surface area contributed by atoms with Crippen LogP contribution in [-0.4, -0.2) is 42.5 Å². The van der Waals surface area contributed by atoms with E-state index in [4.69, 9.17) is 5.11 Å². The normalized spacial score (nSPS) is 13.2. The summed E-state index contributed by atoms with van der Waals surface area (Å²) in [5, 5.41) is 8.28. The zero-order valence-corrected chi connectivity index (χ0v) is 6.14. The third kappa shape index (κ3) is 3.82. The standard InChI is InChI=1S/C5H8F3NO2/c1-9(2,4(10)11)3-5(6,7)8/h3H2,1-2H3/p+1. The summed E-state index contributed by atoms with van der Waals surface area (Å²) in [6.45, 7) is -1.36. The quantitative estimate of drug-likeness (QED) is 0.605. The van der Waals surface area contributed by atoms with Crippen LogP contribution in [0.4, 0.5) is 18.0 Å². The number of rotatable bonds is 1. The minimum Gasteiger partial charge on any atom is -0.435 e. The molecule has 0 aliphatic heterocycles. The monoisotopic (exact) mass is 172 g/mol. The molecule has 0 bridgehead atoms. The van der Waals surface area contributed by atoms with Crippen molar-refractivity contribution in [2.45, 2.75) is 6.18 Å². The summed E-state index contributed by atoms with van der Waals surface area (Å²) in [6, 6.07) is 0. The Morgan fingerprint density at radius 1 is 1.45 bits per heavy atom. The number of amides is 1. The number of hydrogen-bond acceptors (Lipinski definition) is 1. The summed E-state index contributed by atoms with van der Waals surface area (Å²) in [5.74, 6) is 0. The van der Waals surface area contributed by atoms with Crippen LogP contribution < -0.4 is 0 Å². The fourth-order valence-corrected chi connectivity index (χ4v) is 0.516. The van der Waals surface area contributed by atoms with Crippen LogP contribution in [0.5, 0.6) is 0 Å². The fraction of sp³-hybridized carbons (Fsp3) is 0.800. The van der Waals surface area contributed by atoms with Crippen molar-refractivity contribution in [1.29, 1.82) is 0 Å². The van der Waals surface area contributed by atoms with Gasteiger partial charge in [0, 0.05) is 0 Å². The predicted octanol–water partition coefficient (Wildman–Crippen LogP) is 1.30. The Balaban J connectivity index is 4.25. The topological polar surface area (TPSA) is 37.3 Å². The first kappa shape index (κ1) is 10.2. The van der Waals surface area contributed by atoms with Crippen molar-refractivity contribution >= 4 is 6.09 Å². The van der Waals surface area contributed by atoms with E-state index in [1.807, 2.05) is 0 Å². The van der Waals surface area contributed by atoms with Gasteiger partial charge in [0.1, 0.15) is 0 Å². The summed E-state index contributed by atoms with van der Waals surface area (Å²) < 4.78 is 33.8. The van der Waals surface area contributed by atoms with E-state index in [2.05, 4.69) is 0 Å². The highest BCUT2D eigenvalue weighted by molar-refractivity contribution is 5.56. The van der Waals surface area contributed by atoms with Crippen molar-refractivity contribution in [3.63, 3.8) is 0 Å². The van der Waals surface area contributed by atoms with E-state index in [0.29, 0.717) is 0 Å². The molecule has 0 spiro atoms. The smallest absolute Gasteiger partial charge is 0.435 e. The summed E-state index contributed by atoms with van der Waals surface area (Å²) in [5.41, 5.74) is 0. The van der Waals surface area contributed by atoms with E-state index in [0.717, 1.165) is 14.1 Å². The van der Waals surface area contributed by atoms with E-state index in [1.54, 1.807) is 0 Å². The molecular weight excluding hydrogens is 163 g/mol. The van der Waals surface area contributed by atoms with Gasteiger partial charge in [-0.25, -0.2) is 4.48 Å². The lowest BCUT2D eigenvalue weighted by molar-refractivity contribution is -0.829. The summed E-state index contributed by atoms with van der Waals surface area (Å²) in [7, 11) is 1.96. The van der Waals surface area contributed by atoms with E-state index in [1.165, 1.54) is 0 Å². The highest BCUT2D eigenvalue weighted by atomic mass is 19.4. The molecule has 6 heteroatoms. The third-order valence-electron chi connectivity index (χ3n) is 1.09. The molecule has 0 unspecified atom stereocenters. The molecule has 0 fully saturated rings. The van der Waals surface area contributed by atoms with Gasteiger partial charge in [-0.2, -0.15) is 18.0 Å². The summed E-state index contributed by atoms with van der Waals surface area (Å²) in [6.07, 6.45) is -5.94. The number of halogens is 3. The van der Waals surface area contributed by atoms with E-state index >= 15 is 0 Å². The van der Waals surface area contributed by atoms with Crippen LogP contribution in [0.1, 0.15) is 0 Å². The first-order valence-electron chi connectivity index (χ1n) is 2.78. The minimum absolute atomic E-state index is 0.982. The van der Waals surface area contributed by atoms with Crippen LogP contribution in [0, 0.1) is 0 Å². The van der Waals surface area contributed by atoms with Gasteiger partial charge in [0.25, 0.3) is 0 Å². The van der Waals surface area contributed by atoms with Crippen molar-refractivity contribution in [2.75, 3.05) is 20.6 Å². The fourth-order valence-electron chi connectivity index (χ4n) is 0.516. The molecule has 0 saturated heterocycles. The molecule has 0 heterocycles. The van der Waals surface area contributed by atoms with Crippen molar-refractivity contribution in [1.82, 2.24) is 0 Å². The Hall–Kier alpha value is -0.780. The van der Waals surface area contributed by atoms with Crippen LogP contribution in [-0.2, 0) is 0 Å². The highest BCUT2D eigenvalue weighted by Crippen LogP contribution is 2.18. The van der Waals surface area contributed by atoms with Gasteiger partial charge in [0.15, 0.2) is 6.54 Å². The number of hydrogen-bond donors (Lipinski definition) is 1. The van der Waals surface area contributed by atoms with Gasteiger partial charge < -0.3 is 5.11 Å². The zero-order chi connectivity index (χ0) is 9.28. The molecule has 0 aromatic rings. The molecule has 1 N–H and O–H groups in total. The van der Waals surface area contributed by atoms with Gasteiger partial charge in [-0.3, -0.25) is 0 Å². The minimum atomic E-state index is -4.44. The molecule has 0 aliphatic rings. The maximum absolute atomic E-state index is 11.6. The largest absolute Gasteiger partial charge is 0.513 e. The van der Waals surface area contributed by atoms with Crippen LogP contribution in [0.25, 0.3) is 0 Å². The molecule has 0 rings (SSSR count). The predicted molar refractivity (Wildman–Crippen MR) is 31.1 cm³/mol. The van der Waals surface area contributed by atoms with Gasteiger partial charge in [-0.15, -0.1) is 0 Å². The van der Waals surface area contributed by atoms with Crippen molar-refractivity contribution in [2.24, 2.45) is 0 Å². The second-order valence-corrected chi connectivity index (χ2v) is 2.74. The molecule has 0 atom stereocenters. The SMILES string of the molecule is C[N+](C)(CC(F)(F)F)C(=O)O. The van der Waals surface area contributed by atoms with Gasteiger partial charge >= 0.3 is 12.3 Å². The molecule has 1 amide bonds. The Morgan fingerprint density at radius 2 is 1.82 bits per heavy atom. The van der Waals surface area contributed by atoms with Crippen LogP contribution in [0.3, 0.4) is 0 Å². The zero-order valence-electron chi connectivity index (χ0n) is 6.14. The first-order chi connectivity index (χ1) is 4.65. The van der Waals surface area contributed by atoms with Crippen molar-refractivity contribution in [3.05, 3.63) is 0 Å². The lowest BCUT2D eigenvalue weighted by Crippen LogP contribution is -2.50. The van der Waals surface area contributed by atoms with Gasteiger partial charge in [0.05, 0.1) is 14.1 Å². The van der Waals surface area contributed by atoms with Gasteiger partial charge in [-0.1, -0.05) is 0 Å². The second-order valence-electron chi connectivity index (χ2n) is 2.74. The highest BCUT2D eigenvalue weighted by Gasteiger charge is 2.41. The molecule has 0 aromatic carbocycles. The molecule has 11 heavy (non-hydrogen) atoms. The molecule has 66 valence electrons. The Kier molecular flexibility index (Phi) is 2.50. The summed E-state index contributed by atoms with van der Waals surface area (Å²) >= 11 is 0. The Bertz CT molecular complexity index is 164. The average molecular weight is 172 g/mol. The number of nitrogens with zero attached hydrogens (tertiary/aromatic N) is 1. The first-order valence-corrected chi connectivity index (χ1v) is 2.78. The third-order valence-corrected chi connectivity index (χ3v) is 1.09. The van der Waals surface area contributed by atoms with Crippen LogP contribution in [0.2, 0.25) is 0 Å². The number of quaternary nitrogens is 1. The molecule has 0 radical (unpaired) electrons. The van der Waals surface area contributed by atoms with Crippen LogP contribution in [0.15, 0.2) is 0 Å². The average Bonchev–Trinajstić information content (AvgIpc) is 1.56. The maximum atomic E-state index is 11.6. The molecular formula is C5H9F3NO2+. The number of carboxylic acid groups (broad SMARTS) is 1. The molecule has 0 aliphatic carbocycles.